The largest absolute Gasteiger partial charge is 0.444 e. The maximum absolute atomic E-state index is 12.0. The van der Waals surface area contributed by atoms with Gasteiger partial charge in [-0.1, -0.05) is 29.8 Å². The average Bonchev–Trinajstić information content (AvgIpc) is 2.64. The van der Waals surface area contributed by atoms with Crippen LogP contribution in [0.2, 0.25) is 0 Å². The number of likely N-dealkylation sites (tertiary alicyclic amines) is 1. The standard InChI is InChI=1S/C15H28BrNO3/c1-11(2)7-6-8-19-13-10-17(9-12(13)16)14(18)20-15(3,4)5/h11-13H,6-10H2,1-5H3. The average molecular weight is 350 g/mol. The van der Waals surface area contributed by atoms with Gasteiger partial charge in [-0.15, -0.1) is 0 Å². The van der Waals surface area contributed by atoms with E-state index in [2.05, 4.69) is 29.8 Å². The number of carbonyl (C=O) groups excluding carboxylic acids is 1. The maximum Gasteiger partial charge on any atom is 0.410 e. The highest BCUT2D eigenvalue weighted by Crippen LogP contribution is 2.23. The molecule has 0 bridgehead atoms. The number of amides is 1. The van der Waals surface area contributed by atoms with Crippen molar-refractivity contribution in [1.82, 2.24) is 4.90 Å². The number of nitrogens with zero attached hydrogens (tertiary/aromatic N) is 1. The van der Waals surface area contributed by atoms with Gasteiger partial charge in [0.1, 0.15) is 5.60 Å². The van der Waals surface area contributed by atoms with Crippen molar-refractivity contribution in [2.75, 3.05) is 19.7 Å². The van der Waals surface area contributed by atoms with Crippen LogP contribution in [0.15, 0.2) is 0 Å². The van der Waals surface area contributed by atoms with E-state index >= 15 is 0 Å². The molecule has 1 amide bonds. The Bertz CT molecular complexity index is 315. The fraction of sp³-hybridized carbons (Fsp3) is 0.933. The number of hydrogen-bond donors (Lipinski definition) is 0. The molecule has 4 nitrogen and oxygen atoms in total. The number of carbonyl (C=O) groups is 1. The van der Waals surface area contributed by atoms with Gasteiger partial charge < -0.3 is 14.4 Å². The number of halogens is 1. The summed E-state index contributed by atoms with van der Waals surface area (Å²) in [6, 6.07) is 0. The molecule has 1 saturated heterocycles. The Balaban J connectivity index is 2.33. The van der Waals surface area contributed by atoms with Gasteiger partial charge >= 0.3 is 6.09 Å². The fourth-order valence-corrected chi connectivity index (χ4v) is 2.76. The maximum atomic E-state index is 12.0. The van der Waals surface area contributed by atoms with Gasteiger partial charge in [-0.2, -0.15) is 0 Å². The first kappa shape index (κ1) is 17.8. The molecule has 5 heteroatoms. The minimum Gasteiger partial charge on any atom is -0.444 e. The predicted octanol–water partition coefficient (Wildman–Crippen LogP) is 3.82. The van der Waals surface area contributed by atoms with Crippen molar-refractivity contribution >= 4 is 22.0 Å². The van der Waals surface area contributed by atoms with Crippen molar-refractivity contribution in [1.29, 1.82) is 0 Å². The minimum atomic E-state index is -0.449. The van der Waals surface area contributed by atoms with Gasteiger partial charge in [-0.25, -0.2) is 4.79 Å². The van der Waals surface area contributed by atoms with Crippen molar-refractivity contribution < 1.29 is 14.3 Å². The summed E-state index contributed by atoms with van der Waals surface area (Å²) in [6.07, 6.45) is 2.06. The molecule has 0 aliphatic carbocycles. The third-order valence-electron chi connectivity index (χ3n) is 3.11. The number of alkyl halides is 1. The van der Waals surface area contributed by atoms with Crippen LogP contribution in [0.5, 0.6) is 0 Å². The van der Waals surface area contributed by atoms with Gasteiger partial charge in [0.2, 0.25) is 0 Å². The summed E-state index contributed by atoms with van der Waals surface area (Å²) < 4.78 is 11.3. The zero-order chi connectivity index (χ0) is 15.3. The summed E-state index contributed by atoms with van der Waals surface area (Å²) in [6.45, 7) is 12.1. The summed E-state index contributed by atoms with van der Waals surface area (Å²) in [5.41, 5.74) is -0.449. The molecule has 1 aliphatic rings. The second-order valence-corrected chi connectivity index (χ2v) is 8.02. The summed E-state index contributed by atoms with van der Waals surface area (Å²) >= 11 is 3.60. The van der Waals surface area contributed by atoms with E-state index in [1.165, 1.54) is 6.42 Å². The molecule has 1 fully saturated rings. The summed E-state index contributed by atoms with van der Waals surface area (Å²) in [5.74, 6) is 0.709. The normalized spacial score (nSPS) is 23.4. The van der Waals surface area contributed by atoms with Crippen LogP contribution in [-0.2, 0) is 9.47 Å². The van der Waals surface area contributed by atoms with Crippen molar-refractivity contribution in [3.8, 4) is 0 Å². The molecule has 0 saturated carbocycles. The highest BCUT2D eigenvalue weighted by Gasteiger charge is 2.36. The van der Waals surface area contributed by atoms with E-state index in [4.69, 9.17) is 9.47 Å². The van der Waals surface area contributed by atoms with Crippen molar-refractivity contribution in [3.63, 3.8) is 0 Å². The van der Waals surface area contributed by atoms with E-state index in [-0.39, 0.29) is 17.0 Å². The Kier molecular flexibility index (Phi) is 6.79. The molecule has 0 spiro atoms. The second kappa shape index (κ2) is 7.64. The lowest BCUT2D eigenvalue weighted by Crippen LogP contribution is -2.36. The number of rotatable bonds is 5. The van der Waals surface area contributed by atoms with E-state index < -0.39 is 5.60 Å². The van der Waals surface area contributed by atoms with Crippen LogP contribution in [-0.4, -0.2) is 47.2 Å². The van der Waals surface area contributed by atoms with E-state index in [1.807, 2.05) is 20.8 Å². The van der Waals surface area contributed by atoms with Gasteiger partial charge in [0, 0.05) is 13.2 Å². The van der Waals surface area contributed by atoms with Crippen LogP contribution in [0.25, 0.3) is 0 Å². The van der Waals surface area contributed by atoms with Crippen LogP contribution in [0.3, 0.4) is 0 Å². The summed E-state index contributed by atoms with van der Waals surface area (Å²) in [7, 11) is 0. The van der Waals surface area contributed by atoms with Gasteiger partial charge in [0.05, 0.1) is 17.5 Å². The highest BCUT2D eigenvalue weighted by atomic mass is 79.9. The van der Waals surface area contributed by atoms with Crippen molar-refractivity contribution in [2.24, 2.45) is 5.92 Å². The second-order valence-electron chi connectivity index (χ2n) is 6.85. The van der Waals surface area contributed by atoms with Gasteiger partial charge in [-0.3, -0.25) is 0 Å². The molecule has 2 atom stereocenters. The third kappa shape index (κ3) is 6.44. The van der Waals surface area contributed by atoms with Crippen LogP contribution in [0.1, 0.15) is 47.5 Å². The predicted molar refractivity (Wildman–Crippen MR) is 84.3 cm³/mol. The molecule has 0 radical (unpaired) electrons. The molecule has 1 rings (SSSR count). The Hall–Kier alpha value is -0.290. The Morgan fingerprint density at radius 3 is 2.55 bits per heavy atom. The van der Waals surface area contributed by atoms with Crippen LogP contribution >= 0.6 is 15.9 Å². The van der Waals surface area contributed by atoms with Crippen molar-refractivity contribution in [3.05, 3.63) is 0 Å². The molecule has 0 aromatic rings. The molecule has 1 heterocycles. The number of ether oxygens (including phenoxy) is 2. The molecule has 20 heavy (non-hydrogen) atoms. The molecule has 0 N–H and O–H groups in total. The molecular formula is C15H28BrNO3. The molecule has 0 aromatic carbocycles. The monoisotopic (exact) mass is 349 g/mol. The third-order valence-corrected chi connectivity index (χ3v) is 3.99. The van der Waals surface area contributed by atoms with Gasteiger partial charge in [0.15, 0.2) is 0 Å². The highest BCUT2D eigenvalue weighted by molar-refractivity contribution is 9.09. The quantitative estimate of drug-likeness (QED) is 0.559. The van der Waals surface area contributed by atoms with E-state index in [9.17, 15) is 4.79 Å². The minimum absolute atomic E-state index is 0.0645. The van der Waals surface area contributed by atoms with Gasteiger partial charge in [-0.05, 0) is 39.5 Å². The lowest BCUT2D eigenvalue weighted by molar-refractivity contribution is 0.0207. The molecule has 0 aromatic heterocycles. The van der Waals surface area contributed by atoms with Crippen LogP contribution < -0.4 is 0 Å². The summed E-state index contributed by atoms with van der Waals surface area (Å²) in [4.78, 5) is 13.9. The lowest BCUT2D eigenvalue weighted by Gasteiger charge is -2.24. The zero-order valence-electron chi connectivity index (χ0n) is 13.3. The zero-order valence-corrected chi connectivity index (χ0v) is 14.9. The van der Waals surface area contributed by atoms with Crippen LogP contribution in [0, 0.1) is 5.92 Å². The summed E-state index contributed by atoms with van der Waals surface area (Å²) in [5, 5.41) is 0. The first-order valence-corrected chi connectivity index (χ1v) is 8.34. The molecule has 1 aliphatic heterocycles. The first-order chi connectivity index (χ1) is 9.19. The van der Waals surface area contributed by atoms with E-state index in [1.54, 1.807) is 4.90 Å². The Morgan fingerprint density at radius 1 is 1.35 bits per heavy atom. The van der Waals surface area contributed by atoms with E-state index in [0.29, 0.717) is 19.0 Å². The molecule has 118 valence electrons. The van der Waals surface area contributed by atoms with Gasteiger partial charge in [0.25, 0.3) is 0 Å². The fourth-order valence-electron chi connectivity index (χ4n) is 2.09. The first-order valence-electron chi connectivity index (χ1n) is 7.42. The smallest absolute Gasteiger partial charge is 0.410 e. The van der Waals surface area contributed by atoms with Crippen LogP contribution in [0.4, 0.5) is 4.79 Å². The molecular weight excluding hydrogens is 322 g/mol. The number of hydrogen-bond acceptors (Lipinski definition) is 3. The van der Waals surface area contributed by atoms with E-state index in [0.717, 1.165) is 13.0 Å². The lowest BCUT2D eigenvalue weighted by atomic mass is 10.1. The topological polar surface area (TPSA) is 38.8 Å². The SMILES string of the molecule is CC(C)CCCOC1CN(C(=O)OC(C)(C)C)CC1Br. The Morgan fingerprint density at radius 2 is 2.00 bits per heavy atom. The van der Waals surface area contributed by atoms with Crippen molar-refractivity contribution in [2.45, 2.75) is 64.0 Å². The molecule has 2 unspecified atom stereocenters. The Labute approximate surface area is 131 Å².